The zero-order valence-corrected chi connectivity index (χ0v) is 27.0. The van der Waals surface area contributed by atoms with Gasteiger partial charge in [-0.05, 0) is 26.2 Å². The first-order chi connectivity index (χ1) is 19.0. The fourth-order valence-electron chi connectivity index (χ4n) is 5.82. The van der Waals surface area contributed by atoms with E-state index < -0.39 is 5.41 Å². The van der Waals surface area contributed by atoms with Crippen LogP contribution in [0, 0.1) is 5.41 Å². The number of hydrogen-bond donors (Lipinski definition) is 1. The van der Waals surface area contributed by atoms with Crippen LogP contribution in [0.1, 0.15) is 207 Å². The minimum absolute atomic E-state index is 0.0549. The summed E-state index contributed by atoms with van der Waals surface area (Å²) in [7, 11) is 0. The second kappa shape index (κ2) is 28.8. The zero-order chi connectivity index (χ0) is 28.9. The summed E-state index contributed by atoms with van der Waals surface area (Å²) in [6, 6.07) is 0. The van der Waals surface area contributed by atoms with E-state index in [-0.39, 0.29) is 24.6 Å². The van der Waals surface area contributed by atoms with Crippen LogP contribution in [0.15, 0.2) is 0 Å². The Morgan fingerprint density at radius 3 is 0.897 bits per heavy atom. The van der Waals surface area contributed by atoms with E-state index in [2.05, 4.69) is 13.8 Å². The van der Waals surface area contributed by atoms with Crippen LogP contribution in [-0.2, 0) is 9.59 Å². The molecule has 0 aromatic carbocycles. The van der Waals surface area contributed by atoms with Gasteiger partial charge in [-0.25, -0.2) is 0 Å². The fraction of sp³-hybridized carbons (Fsp3) is 0.944. The molecule has 3 nitrogen and oxygen atoms in total. The first-order valence-electron chi connectivity index (χ1n) is 17.7. The van der Waals surface area contributed by atoms with Crippen LogP contribution in [0.4, 0.5) is 0 Å². The van der Waals surface area contributed by atoms with Gasteiger partial charge in [-0.15, -0.1) is 0 Å². The third-order valence-electron chi connectivity index (χ3n) is 8.86. The number of unbranched alkanes of at least 4 members (excludes halogenated alkanes) is 24. The van der Waals surface area contributed by atoms with E-state index in [1.54, 1.807) is 6.92 Å². The Kier molecular flexibility index (Phi) is 28.3. The lowest BCUT2D eigenvalue weighted by Gasteiger charge is -2.26. The zero-order valence-electron chi connectivity index (χ0n) is 27.0. The number of rotatable bonds is 32. The minimum atomic E-state index is -0.983. The van der Waals surface area contributed by atoms with Crippen molar-refractivity contribution in [1.82, 2.24) is 0 Å². The number of hydrogen-bond acceptors (Lipinski definition) is 3. The summed E-state index contributed by atoms with van der Waals surface area (Å²) in [6.45, 7) is 6.24. The highest BCUT2D eigenvalue weighted by Crippen LogP contribution is 2.29. The van der Waals surface area contributed by atoms with Crippen LogP contribution in [0.5, 0.6) is 0 Å². The summed E-state index contributed by atoms with van der Waals surface area (Å²) in [5.74, 6) is 0.110. The normalized spacial score (nSPS) is 11.8. The topological polar surface area (TPSA) is 54.4 Å². The molecule has 0 saturated carbocycles. The summed E-state index contributed by atoms with van der Waals surface area (Å²) in [5, 5.41) is 9.56. The summed E-state index contributed by atoms with van der Waals surface area (Å²) < 4.78 is 0. The third-order valence-corrected chi connectivity index (χ3v) is 8.86. The van der Waals surface area contributed by atoms with Crippen molar-refractivity contribution < 1.29 is 14.7 Å². The molecule has 0 radical (unpaired) electrons. The quantitative estimate of drug-likeness (QED) is 0.0669. The first kappa shape index (κ1) is 38.3. The van der Waals surface area contributed by atoms with E-state index in [9.17, 15) is 14.7 Å². The van der Waals surface area contributed by atoms with Crippen molar-refractivity contribution in [3.63, 3.8) is 0 Å². The highest BCUT2D eigenvalue weighted by atomic mass is 16.3. The molecule has 0 atom stereocenters. The van der Waals surface area contributed by atoms with Gasteiger partial charge in [-0.1, -0.05) is 168 Å². The molecule has 0 aromatic rings. The first-order valence-corrected chi connectivity index (χ1v) is 17.7. The van der Waals surface area contributed by atoms with E-state index >= 15 is 0 Å². The fourth-order valence-corrected chi connectivity index (χ4v) is 5.82. The molecule has 0 aliphatic heterocycles. The van der Waals surface area contributed by atoms with Crippen LogP contribution < -0.4 is 0 Å². The Morgan fingerprint density at radius 2 is 0.667 bits per heavy atom. The van der Waals surface area contributed by atoms with Crippen LogP contribution >= 0.6 is 0 Å². The molecular weight excluding hydrogens is 480 g/mol. The molecule has 0 rings (SSSR count). The van der Waals surface area contributed by atoms with Crippen LogP contribution in [0.2, 0.25) is 0 Å². The summed E-state index contributed by atoms with van der Waals surface area (Å²) in [6.07, 6.45) is 34.7. The Labute approximate surface area is 245 Å². The molecule has 0 bridgehead atoms. The number of aliphatic hydroxyl groups excluding tert-OH is 1. The SMILES string of the molecule is CCCCCCCCCCCCCCCC(=O)C(C)(CCO)C(=O)CCCCCCCCCCCCCCC. The highest BCUT2D eigenvalue weighted by Gasteiger charge is 2.38. The average Bonchev–Trinajstić information content (AvgIpc) is 2.93. The summed E-state index contributed by atoms with van der Waals surface area (Å²) in [4.78, 5) is 26.0. The molecule has 0 aliphatic carbocycles. The molecule has 1 N–H and O–H groups in total. The van der Waals surface area contributed by atoms with Crippen LogP contribution in [0.25, 0.3) is 0 Å². The van der Waals surface area contributed by atoms with Crippen molar-refractivity contribution in [3.05, 3.63) is 0 Å². The Bertz CT molecular complexity index is 499. The molecule has 0 saturated heterocycles. The number of carbonyl (C=O) groups excluding carboxylic acids is 2. The predicted octanol–water partition coefficient (Wildman–Crippen LogP) is 11.5. The van der Waals surface area contributed by atoms with Gasteiger partial charge in [-0.3, -0.25) is 9.59 Å². The number of aliphatic hydroxyl groups is 1. The predicted molar refractivity (Wildman–Crippen MR) is 170 cm³/mol. The molecule has 232 valence electrons. The molecule has 0 aromatic heterocycles. The van der Waals surface area contributed by atoms with Gasteiger partial charge in [0.05, 0.1) is 5.41 Å². The number of Topliss-reactive ketones (excluding diaryl/α,β-unsaturated/α-hetero) is 2. The highest BCUT2D eigenvalue weighted by molar-refractivity contribution is 6.06. The summed E-state index contributed by atoms with van der Waals surface area (Å²) in [5.41, 5.74) is -0.983. The summed E-state index contributed by atoms with van der Waals surface area (Å²) >= 11 is 0. The maximum atomic E-state index is 13.0. The smallest absolute Gasteiger partial charge is 0.146 e. The molecule has 0 fully saturated rings. The van der Waals surface area contributed by atoms with Crippen molar-refractivity contribution in [2.24, 2.45) is 5.41 Å². The molecule has 39 heavy (non-hydrogen) atoms. The Morgan fingerprint density at radius 1 is 0.436 bits per heavy atom. The molecule has 0 amide bonds. The Hall–Kier alpha value is -0.700. The Balaban J connectivity index is 3.85. The number of carbonyl (C=O) groups is 2. The van der Waals surface area contributed by atoms with Gasteiger partial charge in [0.15, 0.2) is 0 Å². The second-order valence-electron chi connectivity index (χ2n) is 12.6. The van der Waals surface area contributed by atoms with Crippen LogP contribution in [0.3, 0.4) is 0 Å². The van der Waals surface area contributed by atoms with E-state index in [0.29, 0.717) is 12.8 Å². The lowest BCUT2D eigenvalue weighted by molar-refractivity contribution is -0.141. The van der Waals surface area contributed by atoms with E-state index in [1.165, 1.54) is 141 Å². The van der Waals surface area contributed by atoms with Crippen molar-refractivity contribution in [3.8, 4) is 0 Å². The molecule has 0 unspecified atom stereocenters. The van der Waals surface area contributed by atoms with Gasteiger partial charge >= 0.3 is 0 Å². The standard InChI is InChI=1S/C36H70O3/c1-4-6-8-10-12-14-16-18-20-22-24-26-28-30-34(38)36(3,32-33-37)35(39)31-29-27-25-23-21-19-17-15-13-11-9-7-5-2/h37H,4-33H2,1-3H3. The van der Waals surface area contributed by atoms with E-state index in [0.717, 1.165) is 25.7 Å². The minimum Gasteiger partial charge on any atom is -0.396 e. The van der Waals surface area contributed by atoms with Crippen molar-refractivity contribution in [2.45, 2.75) is 207 Å². The number of ketones is 2. The van der Waals surface area contributed by atoms with Crippen LogP contribution in [-0.4, -0.2) is 23.3 Å². The van der Waals surface area contributed by atoms with Crippen molar-refractivity contribution >= 4 is 11.6 Å². The molecular formula is C36H70O3. The second-order valence-corrected chi connectivity index (χ2v) is 12.6. The van der Waals surface area contributed by atoms with E-state index in [1.807, 2.05) is 0 Å². The monoisotopic (exact) mass is 551 g/mol. The van der Waals surface area contributed by atoms with Gasteiger partial charge < -0.3 is 5.11 Å². The van der Waals surface area contributed by atoms with Crippen molar-refractivity contribution in [1.29, 1.82) is 0 Å². The largest absolute Gasteiger partial charge is 0.396 e. The van der Waals surface area contributed by atoms with Crippen molar-refractivity contribution in [2.75, 3.05) is 6.61 Å². The molecule has 3 heteroatoms. The maximum absolute atomic E-state index is 13.0. The van der Waals surface area contributed by atoms with Gasteiger partial charge in [-0.2, -0.15) is 0 Å². The lowest BCUT2D eigenvalue weighted by Crippen LogP contribution is -2.37. The molecule has 0 aliphatic rings. The van der Waals surface area contributed by atoms with Gasteiger partial charge in [0.25, 0.3) is 0 Å². The molecule has 0 heterocycles. The van der Waals surface area contributed by atoms with E-state index in [4.69, 9.17) is 0 Å². The third kappa shape index (κ3) is 22.6. The average molecular weight is 551 g/mol. The van der Waals surface area contributed by atoms with Gasteiger partial charge in [0.1, 0.15) is 11.6 Å². The lowest BCUT2D eigenvalue weighted by atomic mass is 9.75. The van der Waals surface area contributed by atoms with Gasteiger partial charge in [0, 0.05) is 19.4 Å². The van der Waals surface area contributed by atoms with Gasteiger partial charge in [0.2, 0.25) is 0 Å². The maximum Gasteiger partial charge on any atom is 0.146 e. The molecule has 0 spiro atoms.